The molecule has 0 amide bonds. The molecule has 0 saturated carbocycles. The van der Waals surface area contributed by atoms with Crippen LogP contribution in [0.2, 0.25) is 0 Å². The first-order chi connectivity index (χ1) is 12.1. The van der Waals surface area contributed by atoms with Crippen LogP contribution in [0.25, 0.3) is 0 Å². The van der Waals surface area contributed by atoms with Crippen molar-refractivity contribution in [3.05, 3.63) is 65.7 Å². The van der Waals surface area contributed by atoms with E-state index in [1.807, 2.05) is 49.4 Å². The van der Waals surface area contributed by atoms with Gasteiger partial charge in [-0.3, -0.25) is 4.90 Å². The van der Waals surface area contributed by atoms with Crippen molar-refractivity contribution in [3.8, 4) is 0 Å². The van der Waals surface area contributed by atoms with Gasteiger partial charge in [0.25, 0.3) is 0 Å². The predicted octanol–water partition coefficient (Wildman–Crippen LogP) is 2.35. The average Bonchev–Trinajstić information content (AvgIpc) is 2.64. The van der Waals surface area contributed by atoms with Crippen LogP contribution in [0, 0.1) is 6.92 Å². The average molecular weight is 360 g/mol. The first kappa shape index (κ1) is 18.1. The van der Waals surface area contributed by atoms with Crippen LogP contribution in [0.5, 0.6) is 0 Å². The molecule has 0 spiro atoms. The zero-order chi connectivity index (χ0) is 17.7. The second-order valence-electron chi connectivity index (χ2n) is 6.24. The van der Waals surface area contributed by atoms with Crippen molar-refractivity contribution in [2.75, 3.05) is 32.8 Å². The largest absolute Gasteiger partial charge is 0.379 e. The molecule has 0 aliphatic carbocycles. The van der Waals surface area contributed by atoms with Gasteiger partial charge in [0, 0.05) is 25.7 Å². The second kappa shape index (κ2) is 8.10. The molecule has 0 aromatic heterocycles. The predicted molar refractivity (Wildman–Crippen MR) is 97.9 cm³/mol. The van der Waals surface area contributed by atoms with Crippen molar-refractivity contribution >= 4 is 10.0 Å². The lowest BCUT2D eigenvalue weighted by Gasteiger charge is -2.34. The Morgan fingerprint density at radius 3 is 2.32 bits per heavy atom. The molecule has 0 radical (unpaired) electrons. The lowest BCUT2D eigenvalue weighted by atomic mass is 10.1. The zero-order valence-electron chi connectivity index (χ0n) is 14.4. The van der Waals surface area contributed by atoms with E-state index in [1.54, 1.807) is 12.1 Å². The number of nitrogens with one attached hydrogen (secondary N) is 1. The topological polar surface area (TPSA) is 58.6 Å². The molecule has 0 bridgehead atoms. The van der Waals surface area contributed by atoms with Gasteiger partial charge in [-0.2, -0.15) is 0 Å². The summed E-state index contributed by atoms with van der Waals surface area (Å²) in [6, 6.07) is 16.9. The van der Waals surface area contributed by atoms with E-state index < -0.39 is 10.0 Å². The third-order valence-electron chi connectivity index (χ3n) is 4.47. The molecule has 5 nitrogen and oxygen atoms in total. The van der Waals surface area contributed by atoms with Gasteiger partial charge >= 0.3 is 0 Å². The molecule has 1 aliphatic heterocycles. The minimum absolute atomic E-state index is 0.00896. The van der Waals surface area contributed by atoms with Gasteiger partial charge in [0.05, 0.1) is 18.1 Å². The normalized spacial score (nSPS) is 17.3. The molecule has 1 unspecified atom stereocenters. The summed E-state index contributed by atoms with van der Waals surface area (Å²) in [4.78, 5) is 2.57. The third kappa shape index (κ3) is 4.67. The number of nitrogens with zero attached hydrogens (tertiary/aromatic N) is 1. The quantitative estimate of drug-likeness (QED) is 0.859. The maximum absolute atomic E-state index is 12.6. The lowest BCUT2D eigenvalue weighted by molar-refractivity contribution is 0.0172. The van der Waals surface area contributed by atoms with E-state index in [9.17, 15) is 8.42 Å². The minimum Gasteiger partial charge on any atom is -0.379 e. The number of rotatable bonds is 6. The fraction of sp³-hybridized carbons (Fsp3) is 0.368. The highest BCUT2D eigenvalue weighted by molar-refractivity contribution is 7.89. The highest BCUT2D eigenvalue weighted by Crippen LogP contribution is 2.22. The summed E-state index contributed by atoms with van der Waals surface area (Å²) in [5.41, 5.74) is 2.14. The number of morpholine rings is 1. The molecule has 134 valence electrons. The smallest absolute Gasteiger partial charge is 0.240 e. The summed E-state index contributed by atoms with van der Waals surface area (Å²) < 4.78 is 33.4. The van der Waals surface area contributed by atoms with Gasteiger partial charge in [0.15, 0.2) is 0 Å². The molecule has 2 aromatic carbocycles. The van der Waals surface area contributed by atoms with E-state index in [0.717, 1.165) is 24.2 Å². The van der Waals surface area contributed by atoms with Gasteiger partial charge in [-0.05, 0) is 24.6 Å². The van der Waals surface area contributed by atoms with Crippen molar-refractivity contribution in [1.29, 1.82) is 0 Å². The summed E-state index contributed by atoms with van der Waals surface area (Å²) in [5.74, 6) is 0. The van der Waals surface area contributed by atoms with Gasteiger partial charge < -0.3 is 4.74 Å². The third-order valence-corrected chi connectivity index (χ3v) is 5.91. The van der Waals surface area contributed by atoms with Crippen LogP contribution >= 0.6 is 0 Å². The van der Waals surface area contributed by atoms with Crippen LogP contribution < -0.4 is 4.72 Å². The molecule has 3 rings (SSSR count). The highest BCUT2D eigenvalue weighted by atomic mass is 32.2. The molecule has 1 N–H and O–H groups in total. The van der Waals surface area contributed by atoms with Crippen LogP contribution in [0.4, 0.5) is 0 Å². The van der Waals surface area contributed by atoms with Gasteiger partial charge in [-0.25, -0.2) is 13.1 Å². The number of aryl methyl sites for hydroxylation is 1. The Bertz CT molecular complexity index is 770. The van der Waals surface area contributed by atoms with E-state index >= 15 is 0 Å². The number of ether oxygens (including phenoxy) is 1. The minimum atomic E-state index is -3.53. The molecule has 1 heterocycles. The summed E-state index contributed by atoms with van der Waals surface area (Å²) >= 11 is 0. The Morgan fingerprint density at radius 2 is 1.68 bits per heavy atom. The van der Waals surface area contributed by atoms with Crippen molar-refractivity contribution in [2.45, 2.75) is 17.9 Å². The number of hydrogen-bond acceptors (Lipinski definition) is 4. The Balaban J connectivity index is 1.77. The molecular weight excluding hydrogens is 336 g/mol. The van der Waals surface area contributed by atoms with Crippen LogP contribution in [-0.4, -0.2) is 46.2 Å². The van der Waals surface area contributed by atoms with E-state index in [4.69, 9.17) is 4.74 Å². The van der Waals surface area contributed by atoms with Crippen molar-refractivity contribution in [3.63, 3.8) is 0 Å². The SMILES string of the molecule is Cc1ccc(S(=O)(=O)NCC(c2ccccc2)N2CCOCC2)cc1. The summed E-state index contributed by atoms with van der Waals surface area (Å²) in [6.45, 7) is 5.22. The highest BCUT2D eigenvalue weighted by Gasteiger charge is 2.24. The first-order valence-electron chi connectivity index (χ1n) is 8.49. The maximum Gasteiger partial charge on any atom is 0.240 e. The molecule has 1 aliphatic rings. The summed E-state index contributed by atoms with van der Waals surface area (Å²) in [5, 5.41) is 0. The fourth-order valence-electron chi connectivity index (χ4n) is 3.01. The fourth-order valence-corrected chi connectivity index (χ4v) is 4.05. The van der Waals surface area contributed by atoms with Gasteiger partial charge in [0.1, 0.15) is 0 Å². The Labute approximate surface area is 149 Å². The van der Waals surface area contributed by atoms with Crippen LogP contribution in [0.15, 0.2) is 59.5 Å². The Kier molecular flexibility index (Phi) is 5.86. The van der Waals surface area contributed by atoms with Crippen LogP contribution in [0.1, 0.15) is 17.2 Å². The van der Waals surface area contributed by atoms with E-state index in [-0.39, 0.29) is 6.04 Å². The molecular formula is C19H24N2O3S. The van der Waals surface area contributed by atoms with Crippen molar-refractivity contribution < 1.29 is 13.2 Å². The van der Waals surface area contributed by atoms with E-state index in [1.165, 1.54) is 0 Å². The van der Waals surface area contributed by atoms with E-state index in [2.05, 4.69) is 9.62 Å². The lowest BCUT2D eigenvalue weighted by Crippen LogP contribution is -2.43. The molecule has 1 fully saturated rings. The van der Waals surface area contributed by atoms with Crippen molar-refractivity contribution in [2.24, 2.45) is 0 Å². The number of hydrogen-bond donors (Lipinski definition) is 1. The molecule has 2 aromatic rings. The molecule has 6 heteroatoms. The van der Waals surface area contributed by atoms with Gasteiger partial charge in [-0.15, -0.1) is 0 Å². The number of benzene rings is 2. The van der Waals surface area contributed by atoms with Crippen LogP contribution in [0.3, 0.4) is 0 Å². The maximum atomic E-state index is 12.6. The van der Waals surface area contributed by atoms with Gasteiger partial charge in [0.2, 0.25) is 10.0 Å². The zero-order valence-corrected chi connectivity index (χ0v) is 15.2. The Hall–Kier alpha value is -1.73. The summed E-state index contributed by atoms with van der Waals surface area (Å²) in [6.07, 6.45) is 0. The monoisotopic (exact) mass is 360 g/mol. The van der Waals surface area contributed by atoms with Crippen LogP contribution in [-0.2, 0) is 14.8 Å². The van der Waals surface area contributed by atoms with E-state index in [0.29, 0.717) is 24.7 Å². The standard InChI is InChI=1S/C19H24N2O3S/c1-16-7-9-18(10-8-16)25(22,23)20-15-19(17-5-3-2-4-6-17)21-11-13-24-14-12-21/h2-10,19-20H,11-15H2,1H3. The molecule has 1 saturated heterocycles. The number of sulfonamides is 1. The summed E-state index contributed by atoms with van der Waals surface area (Å²) in [7, 11) is -3.53. The van der Waals surface area contributed by atoms with Crippen molar-refractivity contribution in [1.82, 2.24) is 9.62 Å². The Morgan fingerprint density at radius 1 is 1.04 bits per heavy atom. The molecule has 1 atom stereocenters. The molecule has 25 heavy (non-hydrogen) atoms. The second-order valence-corrected chi connectivity index (χ2v) is 8.01. The van der Waals surface area contributed by atoms with Gasteiger partial charge in [-0.1, -0.05) is 48.0 Å². The first-order valence-corrected chi connectivity index (χ1v) is 9.98.